The van der Waals surface area contributed by atoms with E-state index in [9.17, 15) is 8.42 Å². The molecule has 0 radical (unpaired) electrons. The number of allylic oxidation sites excluding steroid dienone is 1. The summed E-state index contributed by atoms with van der Waals surface area (Å²) >= 11 is 0. The van der Waals surface area contributed by atoms with E-state index in [1.807, 2.05) is 6.08 Å². The van der Waals surface area contributed by atoms with Gasteiger partial charge in [-0.1, -0.05) is 6.08 Å². The highest BCUT2D eigenvalue weighted by Gasteiger charge is 2.23. The van der Waals surface area contributed by atoms with E-state index in [2.05, 4.69) is 0 Å². The zero-order valence-electron chi connectivity index (χ0n) is 11.7. The summed E-state index contributed by atoms with van der Waals surface area (Å²) in [6.45, 7) is 0.507. The maximum atomic E-state index is 12.6. The third-order valence-corrected chi connectivity index (χ3v) is 5.00. The van der Waals surface area contributed by atoms with Gasteiger partial charge in [0.25, 0.3) is 10.0 Å². The van der Waals surface area contributed by atoms with Crippen molar-refractivity contribution in [3.05, 3.63) is 30.5 Å². The molecule has 1 aliphatic rings. The first-order chi connectivity index (χ1) is 9.59. The van der Waals surface area contributed by atoms with Crippen LogP contribution in [-0.2, 0) is 10.0 Å². The molecule has 2 rings (SSSR count). The molecule has 1 aliphatic heterocycles. The van der Waals surface area contributed by atoms with Crippen molar-refractivity contribution in [1.82, 2.24) is 4.31 Å². The highest BCUT2D eigenvalue weighted by atomic mass is 32.2. The number of hydrogen-bond acceptors (Lipinski definition) is 4. The Bertz CT molecular complexity index is 595. The molecule has 0 spiro atoms. The molecule has 0 saturated carbocycles. The van der Waals surface area contributed by atoms with Gasteiger partial charge in [0, 0.05) is 18.8 Å². The molecule has 110 valence electrons. The summed E-state index contributed by atoms with van der Waals surface area (Å²) in [5, 5.41) is 0. The molecule has 0 amide bonds. The van der Waals surface area contributed by atoms with Crippen molar-refractivity contribution >= 4 is 10.0 Å². The Labute approximate surface area is 119 Å². The smallest absolute Gasteiger partial charge is 0.263 e. The summed E-state index contributed by atoms with van der Waals surface area (Å²) in [6, 6.07) is 4.63. The van der Waals surface area contributed by atoms with Crippen molar-refractivity contribution in [3.8, 4) is 11.5 Å². The zero-order chi connectivity index (χ0) is 14.6. The second-order valence-electron chi connectivity index (χ2n) is 4.51. The van der Waals surface area contributed by atoms with Gasteiger partial charge >= 0.3 is 0 Å². The summed E-state index contributed by atoms with van der Waals surface area (Å²) < 4.78 is 36.8. The molecule has 0 saturated heterocycles. The number of nitrogens with zero attached hydrogens (tertiary/aromatic N) is 1. The van der Waals surface area contributed by atoms with Crippen molar-refractivity contribution < 1.29 is 17.9 Å². The third-order valence-electron chi connectivity index (χ3n) is 3.23. The Kier molecular flexibility index (Phi) is 4.54. The van der Waals surface area contributed by atoms with E-state index in [1.165, 1.54) is 30.7 Å². The fourth-order valence-electron chi connectivity index (χ4n) is 2.11. The molecule has 0 fully saturated rings. The minimum atomic E-state index is -3.53. The molecule has 1 heterocycles. The van der Waals surface area contributed by atoms with Crippen molar-refractivity contribution in [1.29, 1.82) is 0 Å². The molecular weight excluding hydrogens is 278 g/mol. The number of rotatable bonds is 4. The monoisotopic (exact) mass is 297 g/mol. The fourth-order valence-corrected chi connectivity index (χ4v) is 3.49. The molecule has 20 heavy (non-hydrogen) atoms. The highest BCUT2D eigenvalue weighted by molar-refractivity contribution is 7.89. The van der Waals surface area contributed by atoms with Gasteiger partial charge in [-0.3, -0.25) is 4.31 Å². The van der Waals surface area contributed by atoms with E-state index in [0.717, 1.165) is 19.3 Å². The second-order valence-corrected chi connectivity index (χ2v) is 6.40. The lowest BCUT2D eigenvalue weighted by molar-refractivity contribution is 0.353. The quantitative estimate of drug-likeness (QED) is 0.856. The maximum absolute atomic E-state index is 12.6. The molecule has 0 aromatic heterocycles. The van der Waals surface area contributed by atoms with Crippen LogP contribution >= 0.6 is 0 Å². The summed E-state index contributed by atoms with van der Waals surface area (Å²) in [6.07, 6.45) is 6.33. The van der Waals surface area contributed by atoms with Gasteiger partial charge in [-0.2, -0.15) is 0 Å². The van der Waals surface area contributed by atoms with Gasteiger partial charge < -0.3 is 9.47 Å². The number of methoxy groups -OCH3 is 2. The van der Waals surface area contributed by atoms with Gasteiger partial charge in [0.1, 0.15) is 0 Å². The molecule has 5 nitrogen and oxygen atoms in total. The lowest BCUT2D eigenvalue weighted by atomic mass is 10.2. The predicted molar refractivity (Wildman–Crippen MR) is 76.4 cm³/mol. The van der Waals surface area contributed by atoms with Crippen LogP contribution in [0.3, 0.4) is 0 Å². The SMILES string of the molecule is COc1ccc(S(=O)(=O)N2C=CCCCC2)cc1OC. The van der Waals surface area contributed by atoms with E-state index in [0.29, 0.717) is 18.0 Å². The topological polar surface area (TPSA) is 55.8 Å². The van der Waals surface area contributed by atoms with Crippen LogP contribution in [0.5, 0.6) is 11.5 Å². The minimum Gasteiger partial charge on any atom is -0.493 e. The summed E-state index contributed by atoms with van der Waals surface area (Å²) in [7, 11) is -0.528. The number of benzene rings is 1. The highest BCUT2D eigenvalue weighted by Crippen LogP contribution is 2.31. The second kappa shape index (κ2) is 6.17. The van der Waals surface area contributed by atoms with E-state index >= 15 is 0 Å². The van der Waals surface area contributed by atoms with E-state index in [-0.39, 0.29) is 4.90 Å². The van der Waals surface area contributed by atoms with Gasteiger partial charge in [-0.05, 0) is 31.4 Å². The summed E-state index contributed by atoms with van der Waals surface area (Å²) in [5.74, 6) is 0.922. The van der Waals surface area contributed by atoms with Crippen LogP contribution < -0.4 is 9.47 Å². The van der Waals surface area contributed by atoms with Crippen LogP contribution in [-0.4, -0.2) is 33.5 Å². The first-order valence-electron chi connectivity index (χ1n) is 6.50. The standard InChI is InChI=1S/C14H19NO4S/c1-18-13-8-7-12(11-14(13)19-2)20(16,17)15-9-5-3-4-6-10-15/h5,7-9,11H,3-4,6,10H2,1-2H3. The molecule has 0 N–H and O–H groups in total. The fraction of sp³-hybridized carbons (Fsp3) is 0.429. The van der Waals surface area contributed by atoms with Crippen molar-refractivity contribution in [2.24, 2.45) is 0 Å². The van der Waals surface area contributed by atoms with Crippen LogP contribution in [0.2, 0.25) is 0 Å². The largest absolute Gasteiger partial charge is 0.493 e. The average molecular weight is 297 g/mol. The molecule has 1 aromatic rings. The van der Waals surface area contributed by atoms with E-state index < -0.39 is 10.0 Å². The minimum absolute atomic E-state index is 0.210. The van der Waals surface area contributed by atoms with Crippen LogP contribution in [0.4, 0.5) is 0 Å². The Morgan fingerprint density at radius 3 is 2.55 bits per heavy atom. The lowest BCUT2D eigenvalue weighted by Gasteiger charge is -2.19. The number of ether oxygens (including phenoxy) is 2. The van der Waals surface area contributed by atoms with Gasteiger partial charge in [0.2, 0.25) is 0 Å². The molecule has 0 bridgehead atoms. The first kappa shape index (κ1) is 14.7. The Balaban J connectivity index is 2.38. The molecule has 0 atom stereocenters. The van der Waals surface area contributed by atoms with Crippen LogP contribution in [0, 0.1) is 0 Å². The average Bonchev–Trinajstić information content (AvgIpc) is 2.76. The first-order valence-corrected chi connectivity index (χ1v) is 7.94. The Morgan fingerprint density at radius 1 is 1.10 bits per heavy atom. The molecule has 0 aliphatic carbocycles. The van der Waals surface area contributed by atoms with Gasteiger partial charge in [0.05, 0.1) is 19.1 Å². The molecule has 0 unspecified atom stereocenters. The van der Waals surface area contributed by atoms with E-state index in [1.54, 1.807) is 12.3 Å². The van der Waals surface area contributed by atoms with Crippen LogP contribution in [0.25, 0.3) is 0 Å². The summed E-state index contributed by atoms with van der Waals surface area (Å²) in [5.41, 5.74) is 0. The molecule has 1 aromatic carbocycles. The van der Waals surface area contributed by atoms with Gasteiger partial charge in [0.15, 0.2) is 11.5 Å². The molecule has 6 heteroatoms. The van der Waals surface area contributed by atoms with Crippen molar-refractivity contribution in [3.63, 3.8) is 0 Å². The maximum Gasteiger partial charge on any atom is 0.263 e. The Hall–Kier alpha value is -1.69. The van der Waals surface area contributed by atoms with Crippen molar-refractivity contribution in [2.75, 3.05) is 20.8 Å². The van der Waals surface area contributed by atoms with Crippen molar-refractivity contribution in [2.45, 2.75) is 24.2 Å². The van der Waals surface area contributed by atoms with Crippen LogP contribution in [0.1, 0.15) is 19.3 Å². The van der Waals surface area contributed by atoms with Crippen LogP contribution in [0.15, 0.2) is 35.4 Å². The zero-order valence-corrected chi connectivity index (χ0v) is 12.5. The summed E-state index contributed by atoms with van der Waals surface area (Å²) in [4.78, 5) is 0.210. The molecular formula is C14H19NO4S. The number of sulfonamides is 1. The lowest BCUT2D eigenvalue weighted by Crippen LogP contribution is -2.26. The van der Waals surface area contributed by atoms with Gasteiger partial charge in [-0.25, -0.2) is 8.42 Å². The van der Waals surface area contributed by atoms with Gasteiger partial charge in [-0.15, -0.1) is 0 Å². The predicted octanol–water partition coefficient (Wildman–Crippen LogP) is 2.39. The number of hydrogen-bond donors (Lipinski definition) is 0. The normalized spacial score (nSPS) is 15.8. The Morgan fingerprint density at radius 2 is 1.85 bits per heavy atom. The van der Waals surface area contributed by atoms with E-state index in [4.69, 9.17) is 9.47 Å². The third kappa shape index (κ3) is 2.90.